The van der Waals surface area contributed by atoms with Crippen LogP contribution in [0.15, 0.2) is 42.7 Å². The van der Waals surface area contributed by atoms with E-state index in [1.807, 2.05) is 64.2 Å². The predicted molar refractivity (Wildman–Crippen MR) is 101 cm³/mol. The fraction of sp³-hybridized carbons (Fsp3) is 0.474. The summed E-state index contributed by atoms with van der Waals surface area (Å²) in [5, 5.41) is 4.45. The predicted octanol–water partition coefficient (Wildman–Crippen LogP) is 1.86. The molecule has 2 aromatic rings. The highest BCUT2D eigenvalue weighted by Crippen LogP contribution is 2.36. The lowest BCUT2D eigenvalue weighted by Gasteiger charge is -2.32. The molecular formula is C19H26BN3O3. The van der Waals surface area contributed by atoms with Gasteiger partial charge >= 0.3 is 7.12 Å². The molecule has 0 saturated carbocycles. The number of hydrogen-bond acceptors (Lipinski definition) is 4. The molecule has 1 atom stereocenters. The summed E-state index contributed by atoms with van der Waals surface area (Å²) in [6, 6.07) is 9.11. The number of carbonyl (C=O) groups is 1. The van der Waals surface area contributed by atoms with E-state index in [1.54, 1.807) is 29.9 Å². The summed E-state index contributed by atoms with van der Waals surface area (Å²) in [4.78, 5) is 14.4. The van der Waals surface area contributed by atoms with E-state index in [0.717, 1.165) is 11.0 Å². The van der Waals surface area contributed by atoms with Gasteiger partial charge in [0.15, 0.2) is 6.04 Å². The van der Waals surface area contributed by atoms with Crippen molar-refractivity contribution in [2.75, 3.05) is 14.1 Å². The first-order chi connectivity index (χ1) is 12.1. The van der Waals surface area contributed by atoms with Crippen molar-refractivity contribution in [1.29, 1.82) is 0 Å². The van der Waals surface area contributed by atoms with Gasteiger partial charge in [0.25, 0.3) is 5.91 Å². The fourth-order valence-corrected chi connectivity index (χ4v) is 2.88. The fourth-order valence-electron chi connectivity index (χ4n) is 2.88. The molecule has 1 aliphatic rings. The van der Waals surface area contributed by atoms with Crippen LogP contribution in [0.2, 0.25) is 0 Å². The van der Waals surface area contributed by atoms with E-state index in [2.05, 4.69) is 5.10 Å². The third kappa shape index (κ3) is 3.29. The summed E-state index contributed by atoms with van der Waals surface area (Å²) in [5.41, 5.74) is 0.849. The molecule has 26 heavy (non-hydrogen) atoms. The monoisotopic (exact) mass is 355 g/mol. The van der Waals surface area contributed by atoms with Gasteiger partial charge in [0.2, 0.25) is 0 Å². The van der Waals surface area contributed by atoms with Crippen LogP contribution in [-0.4, -0.2) is 53.0 Å². The topological polar surface area (TPSA) is 56.6 Å². The standard InChI is InChI=1S/C19H26BN3O3/c1-18(2)19(3,4)26-20(25-18)15-12-21-23(13-15)16(17(24)22(5)6)14-10-8-7-9-11-14/h7-13,16H,1-6H3/t16-/m1/s1. The molecular weight excluding hydrogens is 329 g/mol. The summed E-state index contributed by atoms with van der Waals surface area (Å²) in [5.74, 6) is -0.0419. The molecule has 2 heterocycles. The molecule has 1 aromatic heterocycles. The number of aromatic nitrogens is 2. The first kappa shape index (κ1) is 18.7. The van der Waals surface area contributed by atoms with Gasteiger partial charge in [-0.05, 0) is 33.3 Å². The Bertz CT molecular complexity index is 770. The highest BCUT2D eigenvalue weighted by molar-refractivity contribution is 6.62. The lowest BCUT2D eigenvalue weighted by Crippen LogP contribution is -2.41. The third-order valence-electron chi connectivity index (χ3n) is 5.20. The minimum atomic E-state index is -0.526. The molecule has 0 bridgehead atoms. The lowest BCUT2D eigenvalue weighted by atomic mass is 9.82. The van der Waals surface area contributed by atoms with E-state index in [4.69, 9.17) is 9.31 Å². The maximum Gasteiger partial charge on any atom is 0.498 e. The third-order valence-corrected chi connectivity index (χ3v) is 5.20. The van der Waals surface area contributed by atoms with Crippen LogP contribution in [0.4, 0.5) is 0 Å². The van der Waals surface area contributed by atoms with Gasteiger partial charge in [-0.25, -0.2) is 0 Å². The molecule has 1 fully saturated rings. The molecule has 1 saturated heterocycles. The minimum absolute atomic E-state index is 0.0419. The summed E-state index contributed by atoms with van der Waals surface area (Å²) in [6.45, 7) is 8.05. The van der Waals surface area contributed by atoms with Crippen LogP contribution in [0.1, 0.15) is 39.3 Å². The molecule has 1 amide bonds. The van der Waals surface area contributed by atoms with E-state index in [-0.39, 0.29) is 5.91 Å². The summed E-state index contributed by atoms with van der Waals surface area (Å²) in [7, 11) is 2.99. The molecule has 6 nitrogen and oxygen atoms in total. The quantitative estimate of drug-likeness (QED) is 0.786. The van der Waals surface area contributed by atoms with Gasteiger partial charge in [0.1, 0.15) is 0 Å². The summed E-state index contributed by atoms with van der Waals surface area (Å²) in [6.07, 6.45) is 3.54. The number of likely N-dealkylation sites (N-methyl/N-ethyl adjacent to an activating group) is 1. The Morgan fingerprint density at radius 3 is 2.23 bits per heavy atom. The molecule has 0 aliphatic carbocycles. The smallest absolute Gasteiger partial charge is 0.399 e. The van der Waals surface area contributed by atoms with Gasteiger partial charge in [-0.3, -0.25) is 9.48 Å². The zero-order chi connectivity index (χ0) is 19.1. The van der Waals surface area contributed by atoms with Gasteiger partial charge in [0.05, 0.1) is 11.2 Å². The van der Waals surface area contributed by atoms with Crippen LogP contribution >= 0.6 is 0 Å². The Morgan fingerprint density at radius 1 is 1.12 bits per heavy atom. The largest absolute Gasteiger partial charge is 0.498 e. The van der Waals surface area contributed by atoms with Crippen molar-refractivity contribution in [2.45, 2.75) is 44.9 Å². The van der Waals surface area contributed by atoms with E-state index in [0.29, 0.717) is 0 Å². The van der Waals surface area contributed by atoms with Crippen LogP contribution in [0, 0.1) is 0 Å². The van der Waals surface area contributed by atoms with Gasteiger partial charge < -0.3 is 14.2 Å². The first-order valence-corrected chi connectivity index (χ1v) is 8.78. The second kappa shape index (κ2) is 6.56. The van der Waals surface area contributed by atoms with Gasteiger partial charge in [-0.1, -0.05) is 30.3 Å². The van der Waals surface area contributed by atoms with E-state index >= 15 is 0 Å². The van der Waals surface area contributed by atoms with Crippen LogP contribution in [0.3, 0.4) is 0 Å². The average molecular weight is 355 g/mol. The second-order valence-electron chi connectivity index (χ2n) is 7.89. The molecule has 7 heteroatoms. The maximum absolute atomic E-state index is 12.8. The number of amides is 1. The second-order valence-corrected chi connectivity index (χ2v) is 7.89. The average Bonchev–Trinajstić information content (AvgIpc) is 3.11. The van der Waals surface area contributed by atoms with E-state index in [1.165, 1.54) is 0 Å². The van der Waals surface area contributed by atoms with Crippen molar-refractivity contribution in [3.05, 3.63) is 48.3 Å². The number of carbonyl (C=O) groups excluding carboxylic acids is 1. The normalized spacial score (nSPS) is 19.4. The zero-order valence-electron chi connectivity index (χ0n) is 16.3. The Labute approximate surface area is 155 Å². The van der Waals surface area contributed by atoms with Crippen LogP contribution in [0.25, 0.3) is 0 Å². The number of benzene rings is 1. The maximum atomic E-state index is 12.8. The Morgan fingerprint density at radius 2 is 1.69 bits per heavy atom. The van der Waals surface area contributed by atoms with Crippen molar-refractivity contribution in [2.24, 2.45) is 0 Å². The minimum Gasteiger partial charge on any atom is -0.399 e. The van der Waals surface area contributed by atoms with Crippen molar-refractivity contribution in [3.8, 4) is 0 Å². The molecule has 1 aromatic carbocycles. The Kier molecular flexibility index (Phi) is 4.71. The number of hydrogen-bond donors (Lipinski definition) is 0. The molecule has 0 unspecified atom stereocenters. The SMILES string of the molecule is CN(C)C(=O)[C@@H](c1ccccc1)n1cc(B2OC(C)(C)C(C)(C)O2)cn1. The Balaban J connectivity index is 1.93. The van der Waals surface area contributed by atoms with E-state index < -0.39 is 24.4 Å². The summed E-state index contributed by atoms with van der Waals surface area (Å²) < 4.78 is 13.9. The van der Waals surface area contributed by atoms with Crippen LogP contribution < -0.4 is 5.46 Å². The molecule has 1 aliphatic heterocycles. The highest BCUT2D eigenvalue weighted by Gasteiger charge is 2.52. The van der Waals surface area contributed by atoms with E-state index in [9.17, 15) is 4.79 Å². The first-order valence-electron chi connectivity index (χ1n) is 8.78. The van der Waals surface area contributed by atoms with Gasteiger partial charge in [-0.2, -0.15) is 5.10 Å². The number of rotatable bonds is 4. The molecule has 3 rings (SSSR count). The van der Waals surface area contributed by atoms with Gasteiger partial charge in [0, 0.05) is 32.0 Å². The van der Waals surface area contributed by atoms with Crippen molar-refractivity contribution in [1.82, 2.24) is 14.7 Å². The molecule has 0 radical (unpaired) electrons. The summed E-state index contributed by atoms with van der Waals surface area (Å²) >= 11 is 0. The Hall–Kier alpha value is -2.12. The van der Waals surface area contributed by atoms with Crippen LogP contribution in [0.5, 0.6) is 0 Å². The molecule has 138 valence electrons. The number of nitrogens with zero attached hydrogens (tertiary/aromatic N) is 3. The molecule has 0 spiro atoms. The lowest BCUT2D eigenvalue weighted by molar-refractivity contribution is -0.131. The zero-order valence-corrected chi connectivity index (χ0v) is 16.3. The molecule has 0 N–H and O–H groups in total. The highest BCUT2D eigenvalue weighted by atomic mass is 16.7. The van der Waals surface area contributed by atoms with Crippen molar-refractivity contribution < 1.29 is 14.1 Å². The van der Waals surface area contributed by atoms with Crippen molar-refractivity contribution in [3.63, 3.8) is 0 Å². The van der Waals surface area contributed by atoms with Crippen LogP contribution in [-0.2, 0) is 14.1 Å². The van der Waals surface area contributed by atoms with Crippen molar-refractivity contribution >= 4 is 18.5 Å². The van der Waals surface area contributed by atoms with Gasteiger partial charge in [-0.15, -0.1) is 0 Å².